The van der Waals surface area contributed by atoms with E-state index < -0.39 is 19.7 Å². The van der Waals surface area contributed by atoms with E-state index in [0.717, 1.165) is 21.8 Å². The quantitative estimate of drug-likeness (QED) is 0.268. The number of methoxy groups -OCH3 is 1. The molecule has 3 atom stereocenters. The van der Waals surface area contributed by atoms with Crippen LogP contribution in [0.4, 0.5) is 9.18 Å². The van der Waals surface area contributed by atoms with Crippen molar-refractivity contribution in [3.8, 4) is 0 Å². The second kappa shape index (κ2) is 9.13. The maximum atomic E-state index is 14.9. The minimum Gasteiger partial charge on any atom is -0.465 e. The first-order chi connectivity index (χ1) is 14.4. The van der Waals surface area contributed by atoms with Crippen LogP contribution in [0.2, 0.25) is 25.7 Å². The Morgan fingerprint density at radius 2 is 2.16 bits per heavy atom. The van der Waals surface area contributed by atoms with Crippen LogP contribution >= 0.6 is 27.7 Å². The van der Waals surface area contributed by atoms with E-state index in [0.29, 0.717) is 23.9 Å². The molecule has 0 bridgehead atoms. The van der Waals surface area contributed by atoms with Crippen LogP contribution in [0.3, 0.4) is 0 Å². The first-order valence-corrected chi connectivity index (χ1v) is 15.5. The van der Waals surface area contributed by atoms with E-state index in [1.807, 2.05) is 6.92 Å². The van der Waals surface area contributed by atoms with Crippen molar-refractivity contribution in [2.24, 2.45) is 10.9 Å². The lowest BCUT2D eigenvalue weighted by atomic mass is 9.86. The summed E-state index contributed by atoms with van der Waals surface area (Å²) in [6.07, 6.45) is -0.367. The monoisotopic (exact) mass is 532 g/mol. The average Bonchev–Trinajstić information content (AvgIpc) is 3.38. The molecule has 1 N–H and O–H groups in total. The highest BCUT2D eigenvalue weighted by Crippen LogP contribution is 2.66. The molecule has 0 unspecified atom stereocenters. The molecule has 0 radical (unpaired) electrons. The van der Waals surface area contributed by atoms with Crippen molar-refractivity contribution in [3.05, 3.63) is 34.1 Å². The van der Waals surface area contributed by atoms with Crippen molar-refractivity contribution < 1.29 is 23.8 Å². The number of hydrogen-bond donors (Lipinski definition) is 1. The minimum atomic E-state index is -1.29. The van der Waals surface area contributed by atoms with Gasteiger partial charge in [0.1, 0.15) is 12.5 Å². The molecule has 0 spiro atoms. The number of amidine groups is 1. The van der Waals surface area contributed by atoms with Gasteiger partial charge in [-0.1, -0.05) is 47.3 Å². The Hall–Kier alpha value is -0.943. The Labute approximate surface area is 196 Å². The number of carbonyl (C=O) groups is 1. The van der Waals surface area contributed by atoms with Crippen LogP contribution in [0, 0.1) is 11.7 Å². The molecule has 1 aromatic rings. The number of ether oxygens (including phenoxy) is 2. The molecule has 31 heavy (non-hydrogen) atoms. The Morgan fingerprint density at radius 3 is 2.77 bits per heavy atom. The van der Waals surface area contributed by atoms with E-state index in [9.17, 15) is 14.3 Å². The van der Waals surface area contributed by atoms with Crippen molar-refractivity contribution >= 4 is 47.0 Å². The van der Waals surface area contributed by atoms with Gasteiger partial charge in [-0.05, 0) is 37.6 Å². The molecular formula is C21H30BrFN2O4SSi. The number of amides is 1. The Bertz CT molecular complexity index is 883. The summed E-state index contributed by atoms with van der Waals surface area (Å²) in [5, 5.41) is 10.2. The maximum Gasteiger partial charge on any atom is 0.415 e. The number of thioether (sulfide) groups is 1. The van der Waals surface area contributed by atoms with Crippen LogP contribution in [0.5, 0.6) is 0 Å². The molecule has 2 aliphatic rings. The van der Waals surface area contributed by atoms with Crippen LogP contribution < -0.4 is 0 Å². The van der Waals surface area contributed by atoms with Crippen LogP contribution in [0.15, 0.2) is 27.7 Å². The molecule has 172 valence electrons. The number of benzene rings is 1. The van der Waals surface area contributed by atoms with Crippen LogP contribution in [-0.4, -0.2) is 61.1 Å². The molecule has 1 saturated carbocycles. The molecular weight excluding hydrogens is 503 g/mol. The topological polar surface area (TPSA) is 71.4 Å². The van der Waals surface area contributed by atoms with Gasteiger partial charge in [-0.3, -0.25) is 4.99 Å². The van der Waals surface area contributed by atoms with Gasteiger partial charge in [0.2, 0.25) is 0 Å². The predicted octanol–water partition coefficient (Wildman–Crippen LogP) is 5.60. The number of rotatable bonds is 8. The molecule has 1 heterocycles. The highest BCUT2D eigenvalue weighted by molar-refractivity contribution is 9.10. The Morgan fingerprint density at radius 1 is 1.45 bits per heavy atom. The zero-order valence-electron chi connectivity index (χ0n) is 18.6. The number of carboxylic acid groups (broad SMARTS) is 1. The molecule has 1 fully saturated rings. The zero-order valence-corrected chi connectivity index (χ0v) is 22.0. The Kier molecular flexibility index (Phi) is 7.27. The van der Waals surface area contributed by atoms with Gasteiger partial charge in [0.25, 0.3) is 0 Å². The number of halogens is 2. The van der Waals surface area contributed by atoms with Crippen LogP contribution in [0.25, 0.3) is 0 Å². The van der Waals surface area contributed by atoms with Gasteiger partial charge in [-0.15, -0.1) is 0 Å². The fourth-order valence-electron chi connectivity index (χ4n) is 4.00. The first-order valence-electron chi connectivity index (χ1n) is 10.2. The number of fused-ring (bicyclic) bond motifs is 1. The smallest absolute Gasteiger partial charge is 0.415 e. The average molecular weight is 534 g/mol. The number of aliphatic imine (C=N–C) groups is 1. The molecule has 1 amide bonds. The molecule has 1 aliphatic heterocycles. The second-order valence-corrected chi connectivity index (χ2v) is 17.5. The van der Waals surface area contributed by atoms with E-state index in [1.54, 1.807) is 19.2 Å². The number of hydrogen-bond acceptors (Lipinski definition) is 5. The maximum absolute atomic E-state index is 14.9. The van der Waals surface area contributed by atoms with E-state index >= 15 is 0 Å². The normalized spacial score (nSPS) is 27.5. The lowest BCUT2D eigenvalue weighted by Gasteiger charge is -2.37. The minimum absolute atomic E-state index is 0.0425. The third-order valence-corrected chi connectivity index (χ3v) is 9.53. The van der Waals surface area contributed by atoms with Gasteiger partial charge >= 0.3 is 6.09 Å². The lowest BCUT2D eigenvalue weighted by Crippen LogP contribution is -2.44. The SMILES string of the molecule is COC[C@]12C[C@H]1[C@@](C)(c1cc(Br)ccc1F)N=C(N(COCC[Si](C)(C)C)C(=O)O)S2. The van der Waals surface area contributed by atoms with Crippen molar-refractivity contribution in [1.82, 2.24) is 4.90 Å². The third-order valence-electron chi connectivity index (χ3n) is 5.87. The summed E-state index contributed by atoms with van der Waals surface area (Å²) >= 11 is 4.83. The summed E-state index contributed by atoms with van der Waals surface area (Å²) < 4.78 is 26.5. The van der Waals surface area contributed by atoms with Gasteiger partial charge < -0.3 is 14.6 Å². The fraction of sp³-hybridized carbons (Fsp3) is 0.619. The summed E-state index contributed by atoms with van der Waals surface area (Å²) in [4.78, 5) is 18.0. The lowest BCUT2D eigenvalue weighted by molar-refractivity contribution is 0.0701. The summed E-state index contributed by atoms with van der Waals surface area (Å²) in [6.45, 7) is 9.45. The van der Waals surface area contributed by atoms with E-state index in [1.165, 1.54) is 17.8 Å². The fourth-order valence-corrected chi connectivity index (χ4v) is 6.76. The highest BCUT2D eigenvalue weighted by Gasteiger charge is 2.67. The third kappa shape index (κ3) is 5.35. The van der Waals surface area contributed by atoms with Gasteiger partial charge in [0.15, 0.2) is 5.17 Å². The van der Waals surface area contributed by atoms with Crippen molar-refractivity contribution in [3.63, 3.8) is 0 Å². The van der Waals surface area contributed by atoms with Gasteiger partial charge in [-0.25, -0.2) is 14.1 Å². The predicted molar refractivity (Wildman–Crippen MR) is 128 cm³/mol. The van der Waals surface area contributed by atoms with E-state index in [2.05, 4.69) is 35.6 Å². The van der Waals surface area contributed by atoms with Crippen molar-refractivity contribution in [2.45, 2.75) is 49.3 Å². The largest absolute Gasteiger partial charge is 0.465 e. The van der Waals surface area contributed by atoms with E-state index in [4.69, 9.17) is 14.5 Å². The summed E-state index contributed by atoms with van der Waals surface area (Å²) in [5.41, 5.74) is -0.452. The van der Waals surface area contributed by atoms with Crippen molar-refractivity contribution in [2.75, 3.05) is 27.1 Å². The molecule has 0 aromatic heterocycles. The summed E-state index contributed by atoms with van der Waals surface area (Å²) in [6, 6.07) is 5.74. The highest BCUT2D eigenvalue weighted by atomic mass is 79.9. The first kappa shape index (κ1) is 24.7. The summed E-state index contributed by atoms with van der Waals surface area (Å²) in [7, 11) is 0.336. The van der Waals surface area contributed by atoms with Gasteiger partial charge in [-0.2, -0.15) is 0 Å². The van der Waals surface area contributed by atoms with Crippen LogP contribution in [-0.2, 0) is 15.0 Å². The molecule has 1 aromatic carbocycles. The summed E-state index contributed by atoms with van der Waals surface area (Å²) in [5.74, 6) is -0.312. The Balaban J connectivity index is 1.93. The second-order valence-electron chi connectivity index (χ2n) is 9.58. The van der Waals surface area contributed by atoms with Crippen LogP contribution in [0.1, 0.15) is 18.9 Å². The zero-order chi connectivity index (χ0) is 23.0. The van der Waals surface area contributed by atoms with Gasteiger partial charge in [0, 0.05) is 37.7 Å². The standard InChI is InChI=1S/C21H30BrFN2O4SSi/c1-20(15-10-14(22)6-7-16(15)23)17-11-21(17,12-28-2)30-18(24-20)25(19(26)27)13-29-8-9-31(3,4)5/h6-7,10,17H,8-9,11-13H2,1-5H3,(H,26,27)/t17-,20+,21+/m0/s1. The molecule has 0 saturated heterocycles. The van der Waals surface area contributed by atoms with Gasteiger partial charge in [0.05, 0.1) is 16.9 Å². The van der Waals surface area contributed by atoms with E-state index in [-0.39, 0.29) is 23.2 Å². The molecule has 1 aliphatic carbocycles. The number of nitrogens with zero attached hydrogens (tertiary/aromatic N) is 2. The molecule has 10 heteroatoms. The molecule has 3 rings (SSSR count). The molecule has 6 nitrogen and oxygen atoms in total. The van der Waals surface area contributed by atoms with Crippen molar-refractivity contribution in [1.29, 1.82) is 0 Å².